The molecular formula is C20H25N3O2. The number of carbonyl (C=O) groups excluding carboxylic acids is 2. The van der Waals surface area contributed by atoms with Crippen molar-refractivity contribution in [1.29, 1.82) is 0 Å². The Morgan fingerprint density at radius 2 is 1.64 bits per heavy atom. The van der Waals surface area contributed by atoms with Crippen LogP contribution in [0.4, 0.5) is 5.69 Å². The summed E-state index contributed by atoms with van der Waals surface area (Å²) in [7, 11) is 3.98. The molecule has 0 saturated heterocycles. The number of nitrogens with one attached hydrogen (secondary N) is 2. The minimum Gasteiger partial charge on any atom is -0.378 e. The molecule has 0 aromatic heterocycles. The summed E-state index contributed by atoms with van der Waals surface area (Å²) >= 11 is 0. The first kappa shape index (κ1) is 18.5. The second-order valence-corrected chi connectivity index (χ2v) is 6.21. The fraction of sp³-hybridized carbons (Fsp3) is 0.300. The molecule has 0 aliphatic carbocycles. The first-order valence-corrected chi connectivity index (χ1v) is 8.30. The van der Waals surface area contributed by atoms with E-state index in [2.05, 4.69) is 10.6 Å². The quantitative estimate of drug-likeness (QED) is 0.815. The lowest BCUT2D eigenvalue weighted by Crippen LogP contribution is -2.32. The zero-order valence-corrected chi connectivity index (χ0v) is 15.0. The highest BCUT2D eigenvalue weighted by Crippen LogP contribution is 2.17. The van der Waals surface area contributed by atoms with Gasteiger partial charge in [-0.15, -0.1) is 0 Å². The molecule has 0 radical (unpaired) electrons. The first-order chi connectivity index (χ1) is 12.0. The fourth-order valence-electron chi connectivity index (χ4n) is 2.55. The molecule has 0 aliphatic heterocycles. The molecule has 1 atom stereocenters. The fourth-order valence-corrected chi connectivity index (χ4v) is 2.55. The maximum Gasteiger partial charge on any atom is 0.222 e. The maximum absolute atomic E-state index is 12.3. The van der Waals surface area contributed by atoms with Gasteiger partial charge in [-0.1, -0.05) is 42.5 Å². The Labute approximate surface area is 149 Å². The van der Waals surface area contributed by atoms with Crippen molar-refractivity contribution in [3.63, 3.8) is 0 Å². The summed E-state index contributed by atoms with van der Waals surface area (Å²) in [4.78, 5) is 25.7. The van der Waals surface area contributed by atoms with Crippen LogP contribution in [-0.2, 0) is 16.1 Å². The van der Waals surface area contributed by atoms with Gasteiger partial charge in [0.25, 0.3) is 0 Å². The summed E-state index contributed by atoms with van der Waals surface area (Å²) in [5.41, 5.74) is 3.07. The lowest BCUT2D eigenvalue weighted by atomic mass is 10.0. The Kier molecular flexibility index (Phi) is 6.57. The lowest BCUT2D eigenvalue weighted by Gasteiger charge is -2.18. The van der Waals surface area contributed by atoms with Crippen LogP contribution in [-0.4, -0.2) is 25.9 Å². The summed E-state index contributed by atoms with van der Waals surface area (Å²) in [6.45, 7) is 1.92. The molecule has 2 amide bonds. The van der Waals surface area contributed by atoms with E-state index in [4.69, 9.17) is 0 Å². The molecule has 0 heterocycles. The van der Waals surface area contributed by atoms with E-state index in [0.717, 1.165) is 16.8 Å². The lowest BCUT2D eigenvalue weighted by molar-refractivity contribution is -0.122. The molecule has 2 aromatic carbocycles. The highest BCUT2D eigenvalue weighted by atomic mass is 16.2. The zero-order valence-electron chi connectivity index (χ0n) is 15.0. The van der Waals surface area contributed by atoms with Gasteiger partial charge in [0.1, 0.15) is 0 Å². The molecule has 0 fully saturated rings. The standard InChI is InChI=1S/C20H25N3O2/c1-15(24)22-19(17-7-5-4-6-8-17)13-20(25)21-14-16-9-11-18(12-10-16)23(2)3/h4-12,19H,13-14H2,1-3H3,(H,21,25)(H,22,24). The first-order valence-electron chi connectivity index (χ1n) is 8.30. The Morgan fingerprint density at radius 3 is 2.20 bits per heavy atom. The van der Waals surface area contributed by atoms with E-state index in [0.29, 0.717) is 6.54 Å². The summed E-state index contributed by atoms with van der Waals surface area (Å²) in [6.07, 6.45) is 0.208. The van der Waals surface area contributed by atoms with E-state index in [1.807, 2.05) is 73.6 Å². The molecule has 0 bridgehead atoms. The van der Waals surface area contributed by atoms with Crippen LogP contribution in [0.3, 0.4) is 0 Å². The number of rotatable bonds is 7. The van der Waals surface area contributed by atoms with Crippen LogP contribution in [0, 0.1) is 0 Å². The molecule has 0 spiro atoms. The van der Waals surface area contributed by atoms with Gasteiger partial charge in [0.15, 0.2) is 0 Å². The highest BCUT2D eigenvalue weighted by Gasteiger charge is 2.16. The molecule has 2 N–H and O–H groups in total. The van der Waals surface area contributed by atoms with Crippen LogP contribution in [0.1, 0.15) is 30.5 Å². The van der Waals surface area contributed by atoms with Crippen molar-refractivity contribution in [2.45, 2.75) is 25.9 Å². The molecule has 5 nitrogen and oxygen atoms in total. The summed E-state index contributed by atoms with van der Waals surface area (Å²) < 4.78 is 0. The number of amides is 2. The van der Waals surface area contributed by atoms with Crippen molar-refractivity contribution in [3.8, 4) is 0 Å². The van der Waals surface area contributed by atoms with Crippen LogP contribution in [0.25, 0.3) is 0 Å². The summed E-state index contributed by atoms with van der Waals surface area (Å²) in [5.74, 6) is -0.250. The van der Waals surface area contributed by atoms with Gasteiger partial charge in [-0.05, 0) is 23.3 Å². The van der Waals surface area contributed by atoms with Crippen LogP contribution in [0.2, 0.25) is 0 Å². The SMILES string of the molecule is CC(=O)NC(CC(=O)NCc1ccc(N(C)C)cc1)c1ccccc1. The smallest absolute Gasteiger partial charge is 0.222 e. The van der Waals surface area contributed by atoms with Gasteiger partial charge in [-0.2, -0.15) is 0 Å². The third kappa shape index (κ3) is 5.95. The van der Waals surface area contributed by atoms with E-state index < -0.39 is 0 Å². The average Bonchev–Trinajstić information content (AvgIpc) is 2.60. The Balaban J connectivity index is 1.93. The number of hydrogen-bond donors (Lipinski definition) is 2. The Bertz CT molecular complexity index is 697. The van der Waals surface area contributed by atoms with Gasteiger partial charge >= 0.3 is 0 Å². The van der Waals surface area contributed by atoms with Gasteiger partial charge < -0.3 is 15.5 Å². The minimum absolute atomic E-state index is 0.0979. The van der Waals surface area contributed by atoms with Gasteiger partial charge in [0.2, 0.25) is 11.8 Å². The molecule has 0 saturated carbocycles. The van der Waals surface area contributed by atoms with Crippen molar-refractivity contribution < 1.29 is 9.59 Å². The summed E-state index contributed by atoms with van der Waals surface area (Å²) in [5, 5.41) is 5.76. The van der Waals surface area contributed by atoms with Gasteiger partial charge in [-0.3, -0.25) is 9.59 Å². The summed E-state index contributed by atoms with van der Waals surface area (Å²) in [6, 6.07) is 17.2. The molecule has 0 aliphatic rings. The van der Waals surface area contributed by atoms with E-state index in [1.54, 1.807) is 0 Å². The van der Waals surface area contributed by atoms with Crippen molar-refractivity contribution in [2.75, 3.05) is 19.0 Å². The Morgan fingerprint density at radius 1 is 1.00 bits per heavy atom. The van der Waals surface area contributed by atoms with Crippen LogP contribution >= 0.6 is 0 Å². The molecule has 2 rings (SSSR count). The molecule has 25 heavy (non-hydrogen) atoms. The largest absolute Gasteiger partial charge is 0.378 e. The third-order valence-corrected chi connectivity index (χ3v) is 3.91. The maximum atomic E-state index is 12.3. The van der Waals surface area contributed by atoms with Crippen molar-refractivity contribution in [2.24, 2.45) is 0 Å². The zero-order chi connectivity index (χ0) is 18.2. The number of nitrogens with zero attached hydrogens (tertiary/aromatic N) is 1. The molecule has 2 aromatic rings. The predicted molar refractivity (Wildman–Crippen MR) is 100 cm³/mol. The molecule has 132 valence electrons. The van der Waals surface area contributed by atoms with Gasteiger partial charge in [-0.25, -0.2) is 0 Å². The van der Waals surface area contributed by atoms with E-state index in [1.165, 1.54) is 6.92 Å². The number of anilines is 1. The average molecular weight is 339 g/mol. The number of carbonyl (C=O) groups is 2. The molecule has 5 heteroatoms. The third-order valence-electron chi connectivity index (χ3n) is 3.91. The second kappa shape index (κ2) is 8.87. The molecule has 1 unspecified atom stereocenters. The number of benzene rings is 2. The van der Waals surface area contributed by atoms with E-state index >= 15 is 0 Å². The molecular weight excluding hydrogens is 314 g/mol. The van der Waals surface area contributed by atoms with Crippen molar-refractivity contribution >= 4 is 17.5 Å². The number of hydrogen-bond acceptors (Lipinski definition) is 3. The predicted octanol–water partition coefficient (Wildman–Crippen LogP) is 2.64. The van der Waals surface area contributed by atoms with Crippen LogP contribution < -0.4 is 15.5 Å². The monoisotopic (exact) mass is 339 g/mol. The van der Waals surface area contributed by atoms with E-state index in [9.17, 15) is 9.59 Å². The van der Waals surface area contributed by atoms with Crippen molar-refractivity contribution in [1.82, 2.24) is 10.6 Å². The topological polar surface area (TPSA) is 61.4 Å². The van der Waals surface area contributed by atoms with Gasteiger partial charge in [0.05, 0.1) is 12.5 Å². The normalized spacial score (nSPS) is 11.5. The highest BCUT2D eigenvalue weighted by molar-refractivity contribution is 5.79. The van der Waals surface area contributed by atoms with Crippen molar-refractivity contribution in [3.05, 3.63) is 65.7 Å². The van der Waals surface area contributed by atoms with Crippen LogP contribution in [0.15, 0.2) is 54.6 Å². The van der Waals surface area contributed by atoms with Crippen LogP contribution in [0.5, 0.6) is 0 Å². The van der Waals surface area contributed by atoms with Gasteiger partial charge in [0, 0.05) is 33.3 Å². The second-order valence-electron chi connectivity index (χ2n) is 6.21. The Hall–Kier alpha value is -2.82. The van der Waals surface area contributed by atoms with E-state index in [-0.39, 0.29) is 24.3 Å². The minimum atomic E-state index is -0.324.